The van der Waals surface area contributed by atoms with Gasteiger partial charge in [-0.05, 0) is 48.2 Å². The van der Waals surface area contributed by atoms with Crippen molar-refractivity contribution in [2.45, 2.75) is 31.8 Å². The average molecular weight is 384 g/mol. The highest BCUT2D eigenvalue weighted by Crippen LogP contribution is 2.15. The highest BCUT2D eigenvalue weighted by atomic mass is 19.1. The number of aromatic nitrogens is 1. The van der Waals surface area contributed by atoms with Crippen LogP contribution in [-0.2, 0) is 22.6 Å². The van der Waals surface area contributed by atoms with Crippen molar-refractivity contribution >= 4 is 17.8 Å². The second kappa shape index (κ2) is 9.07. The summed E-state index contributed by atoms with van der Waals surface area (Å²) in [4.78, 5) is 41.4. The molecule has 4 amide bonds. The summed E-state index contributed by atoms with van der Waals surface area (Å²) >= 11 is 0. The van der Waals surface area contributed by atoms with Gasteiger partial charge in [-0.2, -0.15) is 0 Å². The lowest BCUT2D eigenvalue weighted by atomic mass is 10.1. The lowest BCUT2D eigenvalue weighted by Gasteiger charge is -2.13. The topological polar surface area (TPSA) is 91.4 Å². The molecule has 2 heterocycles. The van der Waals surface area contributed by atoms with Crippen molar-refractivity contribution in [3.05, 3.63) is 65.7 Å². The van der Waals surface area contributed by atoms with Crippen molar-refractivity contribution in [1.29, 1.82) is 0 Å². The second-order valence-corrected chi connectivity index (χ2v) is 6.55. The summed E-state index contributed by atoms with van der Waals surface area (Å²) in [5.74, 6) is -1.01. The van der Waals surface area contributed by atoms with Crippen LogP contribution in [0.1, 0.15) is 24.0 Å². The summed E-state index contributed by atoms with van der Waals surface area (Å²) in [6, 6.07) is 8.24. The van der Waals surface area contributed by atoms with E-state index in [0.29, 0.717) is 18.5 Å². The van der Waals surface area contributed by atoms with Crippen LogP contribution >= 0.6 is 0 Å². The van der Waals surface area contributed by atoms with Crippen LogP contribution in [0.5, 0.6) is 0 Å². The van der Waals surface area contributed by atoms with Crippen molar-refractivity contribution in [3.8, 4) is 0 Å². The van der Waals surface area contributed by atoms with Gasteiger partial charge in [0.15, 0.2) is 0 Å². The molecule has 1 atom stereocenters. The molecule has 0 radical (unpaired) electrons. The number of pyridine rings is 1. The first-order chi connectivity index (χ1) is 13.5. The Bertz CT molecular complexity index is 860. The van der Waals surface area contributed by atoms with E-state index in [2.05, 4.69) is 15.6 Å². The van der Waals surface area contributed by atoms with Gasteiger partial charge in [-0.25, -0.2) is 9.18 Å². The number of amides is 4. The lowest BCUT2D eigenvalue weighted by molar-refractivity contribution is -0.128. The van der Waals surface area contributed by atoms with Gasteiger partial charge in [-0.1, -0.05) is 12.1 Å². The van der Waals surface area contributed by atoms with E-state index >= 15 is 0 Å². The molecule has 1 aliphatic heterocycles. The quantitative estimate of drug-likeness (QED) is 0.679. The Hall–Kier alpha value is -3.29. The van der Waals surface area contributed by atoms with Crippen molar-refractivity contribution < 1.29 is 18.8 Å². The van der Waals surface area contributed by atoms with Gasteiger partial charge >= 0.3 is 6.03 Å². The number of nitrogens with zero attached hydrogens (tertiary/aromatic N) is 2. The van der Waals surface area contributed by atoms with Crippen LogP contribution in [-0.4, -0.2) is 40.3 Å². The molecule has 0 spiro atoms. The molecule has 28 heavy (non-hydrogen) atoms. The van der Waals surface area contributed by atoms with E-state index in [0.717, 1.165) is 10.5 Å². The van der Waals surface area contributed by atoms with Gasteiger partial charge in [-0.15, -0.1) is 0 Å². The van der Waals surface area contributed by atoms with Crippen LogP contribution in [0.15, 0.2) is 48.8 Å². The molecule has 8 heteroatoms. The minimum absolute atomic E-state index is 0.00292. The van der Waals surface area contributed by atoms with E-state index in [4.69, 9.17) is 0 Å². The Morgan fingerprint density at radius 3 is 2.71 bits per heavy atom. The van der Waals surface area contributed by atoms with Crippen LogP contribution in [0, 0.1) is 5.82 Å². The largest absolute Gasteiger partial charge is 0.356 e. The van der Waals surface area contributed by atoms with Gasteiger partial charge in [-0.3, -0.25) is 19.5 Å². The Labute approximate surface area is 161 Å². The number of benzene rings is 1. The molecule has 0 unspecified atom stereocenters. The zero-order chi connectivity index (χ0) is 19.9. The van der Waals surface area contributed by atoms with Gasteiger partial charge in [0, 0.05) is 25.4 Å². The Morgan fingerprint density at radius 1 is 1.18 bits per heavy atom. The zero-order valence-electron chi connectivity index (χ0n) is 15.2. The van der Waals surface area contributed by atoms with Gasteiger partial charge in [0.2, 0.25) is 5.91 Å². The fourth-order valence-corrected chi connectivity index (χ4v) is 3.00. The Balaban J connectivity index is 1.44. The Kier molecular flexibility index (Phi) is 6.31. The fourth-order valence-electron chi connectivity index (χ4n) is 3.00. The van der Waals surface area contributed by atoms with Crippen LogP contribution in [0.3, 0.4) is 0 Å². The zero-order valence-corrected chi connectivity index (χ0v) is 15.2. The molecule has 0 saturated carbocycles. The maximum Gasteiger partial charge on any atom is 0.325 e. The van der Waals surface area contributed by atoms with E-state index in [1.54, 1.807) is 18.5 Å². The minimum atomic E-state index is -0.744. The number of carbonyl (C=O) groups is 3. The van der Waals surface area contributed by atoms with Gasteiger partial charge < -0.3 is 10.6 Å². The third kappa shape index (κ3) is 5.12. The van der Waals surface area contributed by atoms with E-state index in [1.165, 1.54) is 18.2 Å². The molecular formula is C20H21FN4O3. The third-order valence-electron chi connectivity index (χ3n) is 4.48. The molecule has 146 valence electrons. The summed E-state index contributed by atoms with van der Waals surface area (Å²) in [5.41, 5.74) is 1.60. The maximum absolute atomic E-state index is 13.3. The number of rotatable bonds is 8. The first kappa shape index (κ1) is 19.5. The molecule has 0 aliphatic carbocycles. The SMILES string of the molecule is O=C(CC[C@@H]1NC(=O)N(Cc2cccc(F)c2)C1=O)NCCc1ccncc1. The van der Waals surface area contributed by atoms with Crippen LogP contribution in [0.25, 0.3) is 0 Å². The monoisotopic (exact) mass is 384 g/mol. The Morgan fingerprint density at radius 2 is 1.96 bits per heavy atom. The molecule has 1 aromatic carbocycles. The van der Waals surface area contributed by atoms with Gasteiger partial charge in [0.05, 0.1) is 6.54 Å². The van der Waals surface area contributed by atoms with E-state index in [9.17, 15) is 18.8 Å². The number of hydrogen-bond donors (Lipinski definition) is 2. The molecule has 1 aliphatic rings. The number of carbonyl (C=O) groups excluding carboxylic acids is 3. The standard InChI is InChI=1S/C20H21FN4O3/c21-16-3-1-2-15(12-16)13-25-19(27)17(24-20(25)28)4-5-18(26)23-11-8-14-6-9-22-10-7-14/h1-3,6-7,9-10,12,17H,4-5,8,11,13H2,(H,23,26)(H,24,28)/t17-/m0/s1. The van der Waals surface area contributed by atoms with Crippen LogP contribution in [0.2, 0.25) is 0 Å². The van der Waals surface area contributed by atoms with Crippen LogP contribution < -0.4 is 10.6 Å². The predicted octanol–water partition coefficient (Wildman–Crippen LogP) is 1.78. The van der Waals surface area contributed by atoms with Gasteiger partial charge in [0.25, 0.3) is 5.91 Å². The first-order valence-electron chi connectivity index (χ1n) is 9.05. The average Bonchev–Trinajstić information content (AvgIpc) is 2.95. The number of nitrogens with one attached hydrogen (secondary N) is 2. The number of imide groups is 1. The second-order valence-electron chi connectivity index (χ2n) is 6.55. The molecule has 0 bridgehead atoms. The highest BCUT2D eigenvalue weighted by Gasteiger charge is 2.37. The van der Waals surface area contributed by atoms with E-state index in [-0.39, 0.29) is 25.3 Å². The van der Waals surface area contributed by atoms with Crippen molar-refractivity contribution in [2.75, 3.05) is 6.54 Å². The van der Waals surface area contributed by atoms with Gasteiger partial charge in [0.1, 0.15) is 11.9 Å². The van der Waals surface area contributed by atoms with E-state index < -0.39 is 23.8 Å². The normalized spacial score (nSPS) is 16.2. The van der Waals surface area contributed by atoms with E-state index in [1.807, 2.05) is 12.1 Å². The minimum Gasteiger partial charge on any atom is -0.356 e. The van der Waals surface area contributed by atoms with Crippen molar-refractivity contribution in [3.63, 3.8) is 0 Å². The maximum atomic E-state index is 13.3. The summed E-state index contributed by atoms with van der Waals surface area (Å²) in [7, 11) is 0. The molecule has 7 nitrogen and oxygen atoms in total. The third-order valence-corrected chi connectivity index (χ3v) is 4.48. The molecule has 3 rings (SSSR count). The number of hydrogen-bond acceptors (Lipinski definition) is 4. The first-order valence-corrected chi connectivity index (χ1v) is 9.05. The molecule has 2 N–H and O–H groups in total. The fraction of sp³-hybridized carbons (Fsp3) is 0.300. The molecule has 1 aromatic heterocycles. The van der Waals surface area contributed by atoms with Crippen molar-refractivity contribution in [1.82, 2.24) is 20.5 Å². The summed E-state index contributed by atoms with van der Waals surface area (Å²) in [6.45, 7) is 0.483. The van der Waals surface area contributed by atoms with Crippen molar-refractivity contribution in [2.24, 2.45) is 0 Å². The smallest absolute Gasteiger partial charge is 0.325 e. The predicted molar refractivity (Wildman–Crippen MR) is 99.5 cm³/mol. The molecular weight excluding hydrogens is 363 g/mol. The summed E-state index contributed by atoms with van der Waals surface area (Å²) in [6.07, 6.45) is 4.42. The molecule has 1 fully saturated rings. The van der Waals surface area contributed by atoms with Crippen LogP contribution in [0.4, 0.5) is 9.18 Å². The highest BCUT2D eigenvalue weighted by molar-refractivity contribution is 6.04. The summed E-state index contributed by atoms with van der Waals surface area (Å²) < 4.78 is 13.3. The number of urea groups is 1. The summed E-state index contributed by atoms with van der Waals surface area (Å²) in [5, 5.41) is 5.38. The number of halogens is 1. The molecule has 1 saturated heterocycles. The molecule has 2 aromatic rings. The lowest BCUT2D eigenvalue weighted by Crippen LogP contribution is -2.33.